The van der Waals surface area contributed by atoms with Crippen molar-refractivity contribution in [1.82, 2.24) is 10.2 Å². The van der Waals surface area contributed by atoms with E-state index in [-0.39, 0.29) is 6.54 Å². The van der Waals surface area contributed by atoms with Gasteiger partial charge < -0.3 is 5.32 Å². The van der Waals surface area contributed by atoms with Crippen molar-refractivity contribution in [2.45, 2.75) is 32.2 Å². The molecule has 0 saturated carbocycles. The third kappa shape index (κ3) is 4.00. The summed E-state index contributed by atoms with van der Waals surface area (Å²) in [5, 5.41) is 3.34. The van der Waals surface area contributed by atoms with E-state index >= 15 is 0 Å². The maximum atomic E-state index is 12.1. The van der Waals surface area contributed by atoms with Gasteiger partial charge in [-0.25, -0.2) is 8.78 Å². The molecule has 0 aromatic heterocycles. The molecule has 4 heteroatoms. The van der Waals surface area contributed by atoms with Crippen LogP contribution in [0.15, 0.2) is 0 Å². The normalized spacial score (nSPS) is 25.4. The van der Waals surface area contributed by atoms with Crippen molar-refractivity contribution >= 4 is 0 Å². The minimum atomic E-state index is -2.19. The van der Waals surface area contributed by atoms with Crippen molar-refractivity contribution in [3.8, 4) is 0 Å². The van der Waals surface area contributed by atoms with Crippen molar-refractivity contribution in [2.24, 2.45) is 0 Å². The van der Waals surface area contributed by atoms with Crippen LogP contribution >= 0.6 is 0 Å². The second-order valence-corrected chi connectivity index (χ2v) is 3.59. The Hall–Kier alpha value is -0.220. The first-order valence-electron chi connectivity index (χ1n) is 4.96. The van der Waals surface area contributed by atoms with Crippen LogP contribution in [0.3, 0.4) is 0 Å². The molecule has 1 aliphatic heterocycles. The lowest BCUT2D eigenvalue weighted by Gasteiger charge is -2.33. The lowest BCUT2D eigenvalue weighted by Crippen LogP contribution is -2.51. The Morgan fingerprint density at radius 2 is 2.31 bits per heavy atom. The van der Waals surface area contributed by atoms with Gasteiger partial charge in [-0.2, -0.15) is 0 Å². The summed E-state index contributed by atoms with van der Waals surface area (Å²) < 4.78 is 24.1. The Kier molecular flexibility index (Phi) is 4.59. The average molecular weight is 192 g/mol. The molecule has 0 aromatic carbocycles. The summed E-state index contributed by atoms with van der Waals surface area (Å²) >= 11 is 0. The molecule has 0 aromatic rings. The summed E-state index contributed by atoms with van der Waals surface area (Å²) in [5.41, 5.74) is 0. The monoisotopic (exact) mass is 192 g/mol. The lowest BCUT2D eigenvalue weighted by atomic mass is 10.1. The SMILES string of the molecule is CCCC1CN(CC(F)F)CCN1. The summed E-state index contributed by atoms with van der Waals surface area (Å²) in [4.78, 5) is 1.85. The number of hydrogen-bond acceptors (Lipinski definition) is 2. The van der Waals surface area contributed by atoms with Crippen molar-refractivity contribution in [3.63, 3.8) is 0 Å². The van der Waals surface area contributed by atoms with Crippen LogP contribution in [0.2, 0.25) is 0 Å². The first-order valence-corrected chi connectivity index (χ1v) is 4.96. The maximum Gasteiger partial charge on any atom is 0.251 e. The smallest absolute Gasteiger partial charge is 0.251 e. The van der Waals surface area contributed by atoms with Crippen molar-refractivity contribution in [3.05, 3.63) is 0 Å². The molecule has 0 spiro atoms. The topological polar surface area (TPSA) is 15.3 Å². The Labute approximate surface area is 78.3 Å². The fourth-order valence-electron chi connectivity index (χ4n) is 1.80. The molecular weight excluding hydrogens is 174 g/mol. The molecule has 1 aliphatic rings. The van der Waals surface area contributed by atoms with Crippen molar-refractivity contribution in [2.75, 3.05) is 26.2 Å². The third-order valence-corrected chi connectivity index (χ3v) is 2.37. The van der Waals surface area contributed by atoms with E-state index in [1.807, 2.05) is 4.90 Å². The molecular formula is C9H18F2N2. The first kappa shape index (κ1) is 10.9. The van der Waals surface area contributed by atoms with E-state index in [0.29, 0.717) is 6.04 Å². The highest BCUT2D eigenvalue weighted by Crippen LogP contribution is 2.06. The largest absolute Gasteiger partial charge is 0.311 e. The minimum absolute atomic E-state index is 0.0676. The van der Waals surface area contributed by atoms with E-state index in [0.717, 1.165) is 32.5 Å². The molecule has 13 heavy (non-hydrogen) atoms. The van der Waals surface area contributed by atoms with E-state index < -0.39 is 6.43 Å². The molecule has 1 atom stereocenters. The Balaban J connectivity index is 2.24. The zero-order valence-electron chi connectivity index (χ0n) is 8.10. The highest BCUT2D eigenvalue weighted by Gasteiger charge is 2.20. The van der Waals surface area contributed by atoms with E-state index in [9.17, 15) is 8.78 Å². The Morgan fingerprint density at radius 1 is 1.54 bits per heavy atom. The fraction of sp³-hybridized carbons (Fsp3) is 1.00. The summed E-state index contributed by atoms with van der Waals surface area (Å²) in [7, 11) is 0. The van der Waals surface area contributed by atoms with Crippen LogP contribution in [0.4, 0.5) is 8.78 Å². The number of rotatable bonds is 4. The molecule has 1 fully saturated rings. The molecule has 1 N–H and O–H groups in total. The van der Waals surface area contributed by atoms with Gasteiger partial charge in [0, 0.05) is 25.7 Å². The number of hydrogen-bond donors (Lipinski definition) is 1. The number of nitrogens with zero attached hydrogens (tertiary/aromatic N) is 1. The third-order valence-electron chi connectivity index (χ3n) is 2.37. The summed E-state index contributed by atoms with van der Waals surface area (Å²) in [6.07, 6.45) is 0.000273. The molecule has 0 aliphatic carbocycles. The van der Waals surface area contributed by atoms with E-state index in [1.165, 1.54) is 0 Å². The van der Waals surface area contributed by atoms with Crippen LogP contribution in [0, 0.1) is 0 Å². The second-order valence-electron chi connectivity index (χ2n) is 3.59. The molecule has 1 heterocycles. The van der Waals surface area contributed by atoms with Gasteiger partial charge in [-0.05, 0) is 6.42 Å². The highest BCUT2D eigenvalue weighted by atomic mass is 19.3. The first-order chi connectivity index (χ1) is 6.22. The van der Waals surface area contributed by atoms with Gasteiger partial charge in [-0.3, -0.25) is 4.90 Å². The average Bonchev–Trinajstić information content (AvgIpc) is 2.04. The quantitative estimate of drug-likeness (QED) is 0.722. The molecule has 0 radical (unpaired) electrons. The Bertz CT molecular complexity index is 140. The minimum Gasteiger partial charge on any atom is -0.311 e. The van der Waals surface area contributed by atoms with Crippen LogP contribution in [-0.4, -0.2) is 43.5 Å². The van der Waals surface area contributed by atoms with Gasteiger partial charge in [0.2, 0.25) is 0 Å². The molecule has 1 rings (SSSR count). The van der Waals surface area contributed by atoms with E-state index in [1.54, 1.807) is 0 Å². The van der Waals surface area contributed by atoms with Crippen LogP contribution in [0.1, 0.15) is 19.8 Å². The Morgan fingerprint density at radius 3 is 2.92 bits per heavy atom. The van der Waals surface area contributed by atoms with Gasteiger partial charge >= 0.3 is 0 Å². The zero-order chi connectivity index (χ0) is 9.68. The molecule has 78 valence electrons. The molecule has 2 nitrogen and oxygen atoms in total. The van der Waals surface area contributed by atoms with Crippen LogP contribution < -0.4 is 5.32 Å². The van der Waals surface area contributed by atoms with Crippen LogP contribution in [-0.2, 0) is 0 Å². The van der Waals surface area contributed by atoms with E-state index in [2.05, 4.69) is 12.2 Å². The maximum absolute atomic E-state index is 12.1. The molecule has 1 unspecified atom stereocenters. The summed E-state index contributed by atoms with van der Waals surface area (Å²) in [6, 6.07) is 0.414. The van der Waals surface area contributed by atoms with Crippen LogP contribution in [0.25, 0.3) is 0 Å². The van der Waals surface area contributed by atoms with Gasteiger partial charge in [0.1, 0.15) is 0 Å². The number of halogens is 2. The number of alkyl halides is 2. The summed E-state index contributed by atoms with van der Waals surface area (Å²) in [6.45, 7) is 4.43. The predicted molar refractivity (Wildman–Crippen MR) is 49.1 cm³/mol. The number of piperazine rings is 1. The second kappa shape index (κ2) is 5.50. The fourth-order valence-corrected chi connectivity index (χ4v) is 1.80. The van der Waals surface area contributed by atoms with Gasteiger partial charge in [0.25, 0.3) is 6.43 Å². The number of nitrogens with one attached hydrogen (secondary N) is 1. The zero-order valence-corrected chi connectivity index (χ0v) is 8.10. The highest BCUT2D eigenvalue weighted by molar-refractivity contribution is 4.78. The van der Waals surface area contributed by atoms with Crippen molar-refractivity contribution in [1.29, 1.82) is 0 Å². The molecule has 0 amide bonds. The van der Waals surface area contributed by atoms with Gasteiger partial charge in [0.05, 0.1) is 6.54 Å². The predicted octanol–water partition coefficient (Wildman–Crippen LogP) is 1.33. The van der Waals surface area contributed by atoms with E-state index in [4.69, 9.17) is 0 Å². The molecule has 0 bridgehead atoms. The van der Waals surface area contributed by atoms with Crippen LogP contribution in [0.5, 0.6) is 0 Å². The summed E-state index contributed by atoms with van der Waals surface area (Å²) in [5.74, 6) is 0. The van der Waals surface area contributed by atoms with Gasteiger partial charge in [-0.15, -0.1) is 0 Å². The van der Waals surface area contributed by atoms with Gasteiger partial charge in [-0.1, -0.05) is 13.3 Å². The van der Waals surface area contributed by atoms with Crippen molar-refractivity contribution < 1.29 is 8.78 Å². The lowest BCUT2D eigenvalue weighted by molar-refractivity contribution is 0.0719. The molecule has 1 saturated heterocycles. The standard InChI is InChI=1S/C9H18F2N2/c1-2-3-8-6-13(5-4-12-8)7-9(10)11/h8-9,12H,2-7H2,1H3. The van der Waals surface area contributed by atoms with Gasteiger partial charge in [0.15, 0.2) is 0 Å².